The normalized spacial score (nSPS) is 16.0. The molecule has 8 heteroatoms. The van der Waals surface area contributed by atoms with Crippen LogP contribution in [0, 0.1) is 5.92 Å². The van der Waals surface area contributed by atoms with Crippen molar-refractivity contribution < 1.29 is 23.9 Å². The minimum atomic E-state index is -0.748. The second-order valence-electron chi connectivity index (χ2n) is 6.04. The van der Waals surface area contributed by atoms with Gasteiger partial charge >= 0.3 is 12.0 Å². The van der Waals surface area contributed by atoms with Crippen LogP contribution in [0.2, 0.25) is 0 Å². The van der Waals surface area contributed by atoms with Crippen LogP contribution < -0.4 is 15.5 Å². The van der Waals surface area contributed by atoms with Gasteiger partial charge in [0.1, 0.15) is 0 Å². The van der Waals surface area contributed by atoms with Gasteiger partial charge in [0.25, 0.3) is 5.91 Å². The molecule has 1 saturated heterocycles. The van der Waals surface area contributed by atoms with Crippen LogP contribution in [-0.2, 0) is 25.5 Å². The van der Waals surface area contributed by atoms with E-state index < -0.39 is 30.4 Å². The molecule has 0 spiro atoms. The highest BCUT2D eigenvalue weighted by Gasteiger charge is 2.37. The molecule has 8 nitrogen and oxygen atoms in total. The van der Waals surface area contributed by atoms with E-state index in [4.69, 9.17) is 4.74 Å². The number of urea groups is 1. The van der Waals surface area contributed by atoms with Crippen molar-refractivity contribution >= 4 is 29.5 Å². The molecule has 144 valence electrons. The van der Waals surface area contributed by atoms with Gasteiger partial charge in [-0.2, -0.15) is 0 Å². The zero-order chi connectivity index (χ0) is 19.8. The molecule has 1 aromatic carbocycles. The summed E-state index contributed by atoms with van der Waals surface area (Å²) < 4.78 is 4.95. The number of carbonyl (C=O) groups is 4. The predicted molar refractivity (Wildman–Crippen MR) is 99.0 cm³/mol. The Morgan fingerprint density at radius 1 is 1.33 bits per heavy atom. The van der Waals surface area contributed by atoms with E-state index in [0.29, 0.717) is 0 Å². The van der Waals surface area contributed by atoms with E-state index in [-0.39, 0.29) is 25.4 Å². The van der Waals surface area contributed by atoms with Crippen molar-refractivity contribution in [3.63, 3.8) is 0 Å². The van der Waals surface area contributed by atoms with E-state index >= 15 is 0 Å². The molecule has 4 amide bonds. The van der Waals surface area contributed by atoms with Crippen LogP contribution in [0.3, 0.4) is 0 Å². The number of carbonyl (C=O) groups excluding carboxylic acids is 4. The molecule has 0 saturated carbocycles. The first kappa shape index (κ1) is 20.2. The number of ether oxygens (including phenoxy) is 1. The third kappa shape index (κ3) is 5.40. The highest BCUT2D eigenvalue weighted by atomic mass is 16.5. The first-order valence-corrected chi connectivity index (χ1v) is 8.69. The van der Waals surface area contributed by atoms with Gasteiger partial charge in [-0.05, 0) is 18.1 Å². The van der Waals surface area contributed by atoms with E-state index in [9.17, 15) is 19.2 Å². The Kier molecular flexibility index (Phi) is 7.10. The molecular formula is C19H23N3O5. The standard InChI is InChI=1S/C19H23N3O5/c1-3-9-20-19(26)21-16(23)12-27-18(25)14-10-17(24)22(11-14)15-8-6-5-7-13(15)4-2/h3,5-8,14H,1,4,9-12H2,2H3,(H2,20,21,23,26). The average Bonchev–Trinajstić information content (AvgIpc) is 3.06. The third-order valence-corrected chi connectivity index (χ3v) is 4.13. The van der Waals surface area contributed by atoms with Crippen molar-refractivity contribution in [2.24, 2.45) is 5.92 Å². The van der Waals surface area contributed by atoms with Crippen molar-refractivity contribution in [2.75, 3.05) is 24.6 Å². The second-order valence-corrected chi connectivity index (χ2v) is 6.04. The number of nitrogens with zero attached hydrogens (tertiary/aromatic N) is 1. The highest BCUT2D eigenvalue weighted by Crippen LogP contribution is 2.28. The number of benzene rings is 1. The smallest absolute Gasteiger partial charge is 0.321 e. The lowest BCUT2D eigenvalue weighted by Gasteiger charge is -2.19. The number of imide groups is 1. The molecule has 1 aliphatic heterocycles. The molecule has 1 aromatic rings. The Labute approximate surface area is 157 Å². The second kappa shape index (κ2) is 9.51. The molecule has 1 aliphatic rings. The van der Waals surface area contributed by atoms with Gasteiger partial charge in [-0.1, -0.05) is 31.2 Å². The van der Waals surface area contributed by atoms with Crippen molar-refractivity contribution in [1.82, 2.24) is 10.6 Å². The van der Waals surface area contributed by atoms with Gasteiger partial charge in [0.15, 0.2) is 6.61 Å². The van der Waals surface area contributed by atoms with E-state index in [2.05, 4.69) is 11.9 Å². The maximum absolute atomic E-state index is 12.3. The number of nitrogens with one attached hydrogen (secondary N) is 2. The first-order valence-electron chi connectivity index (χ1n) is 8.69. The zero-order valence-electron chi connectivity index (χ0n) is 15.2. The van der Waals surface area contributed by atoms with Crippen molar-refractivity contribution in [1.29, 1.82) is 0 Å². The summed E-state index contributed by atoms with van der Waals surface area (Å²) in [6.07, 6.45) is 2.26. The molecular weight excluding hydrogens is 350 g/mol. The van der Waals surface area contributed by atoms with Crippen LogP contribution in [0.25, 0.3) is 0 Å². The van der Waals surface area contributed by atoms with Crippen LogP contribution in [-0.4, -0.2) is 43.5 Å². The number of rotatable bonds is 7. The lowest BCUT2D eigenvalue weighted by atomic mass is 10.1. The van der Waals surface area contributed by atoms with Crippen LogP contribution in [0.5, 0.6) is 0 Å². The number of anilines is 1. The molecule has 0 aliphatic carbocycles. The van der Waals surface area contributed by atoms with Gasteiger partial charge in [-0.3, -0.25) is 19.7 Å². The zero-order valence-corrected chi connectivity index (χ0v) is 15.2. The molecule has 1 unspecified atom stereocenters. The summed E-state index contributed by atoms with van der Waals surface area (Å²) in [6.45, 7) is 5.25. The Morgan fingerprint density at radius 2 is 2.07 bits per heavy atom. The molecule has 2 rings (SSSR count). The van der Waals surface area contributed by atoms with Gasteiger partial charge in [0.05, 0.1) is 5.92 Å². The summed E-state index contributed by atoms with van der Waals surface area (Å²) in [4.78, 5) is 49.0. The third-order valence-electron chi connectivity index (χ3n) is 4.13. The van der Waals surface area contributed by atoms with Crippen molar-refractivity contribution in [3.8, 4) is 0 Å². The van der Waals surface area contributed by atoms with Gasteiger partial charge in [0.2, 0.25) is 5.91 Å². The fourth-order valence-electron chi connectivity index (χ4n) is 2.80. The van der Waals surface area contributed by atoms with Crippen LogP contribution in [0.1, 0.15) is 18.9 Å². The van der Waals surface area contributed by atoms with E-state index in [1.165, 1.54) is 6.08 Å². The predicted octanol–water partition coefficient (Wildman–Crippen LogP) is 1.16. The Hall–Kier alpha value is -3.16. The minimum Gasteiger partial charge on any atom is -0.455 e. The molecule has 1 heterocycles. The summed E-state index contributed by atoms with van der Waals surface area (Å²) >= 11 is 0. The maximum Gasteiger partial charge on any atom is 0.321 e. The Morgan fingerprint density at radius 3 is 2.78 bits per heavy atom. The average molecular weight is 373 g/mol. The number of esters is 1. The molecule has 27 heavy (non-hydrogen) atoms. The van der Waals surface area contributed by atoms with Crippen molar-refractivity contribution in [2.45, 2.75) is 19.8 Å². The SMILES string of the molecule is C=CCNC(=O)NC(=O)COC(=O)C1CC(=O)N(c2ccccc2CC)C1. The summed E-state index contributed by atoms with van der Waals surface area (Å²) in [5.41, 5.74) is 1.81. The summed E-state index contributed by atoms with van der Waals surface area (Å²) in [5, 5.41) is 4.39. The largest absolute Gasteiger partial charge is 0.455 e. The van der Waals surface area contributed by atoms with Gasteiger partial charge < -0.3 is 15.0 Å². The van der Waals surface area contributed by atoms with E-state index in [1.807, 2.05) is 36.5 Å². The molecule has 2 N–H and O–H groups in total. The van der Waals surface area contributed by atoms with Crippen LogP contribution >= 0.6 is 0 Å². The van der Waals surface area contributed by atoms with Gasteiger partial charge in [-0.25, -0.2) is 4.79 Å². The lowest BCUT2D eigenvalue weighted by molar-refractivity contribution is -0.152. The number of para-hydroxylation sites is 1. The summed E-state index contributed by atoms with van der Waals surface area (Å²) in [7, 11) is 0. The monoisotopic (exact) mass is 373 g/mol. The van der Waals surface area contributed by atoms with E-state index in [1.54, 1.807) is 4.90 Å². The molecule has 0 bridgehead atoms. The lowest BCUT2D eigenvalue weighted by Crippen LogP contribution is -2.41. The van der Waals surface area contributed by atoms with E-state index in [0.717, 1.165) is 17.7 Å². The number of hydrogen-bond donors (Lipinski definition) is 2. The first-order chi connectivity index (χ1) is 13.0. The maximum atomic E-state index is 12.3. The number of hydrogen-bond acceptors (Lipinski definition) is 5. The molecule has 0 aromatic heterocycles. The summed E-state index contributed by atoms with van der Waals surface area (Å²) in [5.74, 6) is -2.19. The summed E-state index contributed by atoms with van der Waals surface area (Å²) in [6, 6.07) is 6.83. The topological polar surface area (TPSA) is 105 Å². The number of amides is 4. The molecule has 1 fully saturated rings. The fraction of sp³-hybridized carbons (Fsp3) is 0.368. The van der Waals surface area contributed by atoms with Gasteiger partial charge in [-0.15, -0.1) is 6.58 Å². The van der Waals surface area contributed by atoms with Crippen molar-refractivity contribution in [3.05, 3.63) is 42.5 Å². The molecule has 1 atom stereocenters. The number of aryl methyl sites for hydroxylation is 1. The van der Waals surface area contributed by atoms with Crippen LogP contribution in [0.4, 0.5) is 10.5 Å². The molecule has 0 radical (unpaired) electrons. The minimum absolute atomic E-state index is 0.0261. The Bertz CT molecular complexity index is 747. The Balaban J connectivity index is 1.87. The van der Waals surface area contributed by atoms with Crippen LogP contribution in [0.15, 0.2) is 36.9 Å². The fourth-order valence-corrected chi connectivity index (χ4v) is 2.80. The highest BCUT2D eigenvalue weighted by molar-refractivity contribution is 6.00. The van der Waals surface area contributed by atoms with Gasteiger partial charge in [0, 0.05) is 25.2 Å². The quantitative estimate of drug-likeness (QED) is 0.551.